The number of carbonyl (C=O) groups is 1. The fraction of sp³-hybridized carbons (Fsp3) is 0.316. The molecule has 0 heterocycles. The molecule has 6 nitrogen and oxygen atoms in total. The SMILES string of the molecule is COc1cc(CNC(=O)C(N)Cc2ccccc2)cc(OC)c1OC. The third-order valence-electron chi connectivity index (χ3n) is 3.83. The molecule has 0 aliphatic rings. The van der Waals surface area contributed by atoms with Gasteiger partial charge in [0.05, 0.1) is 27.4 Å². The predicted octanol–water partition coefficient (Wildman–Crippen LogP) is 1.90. The van der Waals surface area contributed by atoms with Gasteiger partial charge in [-0.1, -0.05) is 30.3 Å². The number of hydrogen-bond acceptors (Lipinski definition) is 5. The molecule has 0 aliphatic heterocycles. The second kappa shape index (κ2) is 8.94. The van der Waals surface area contributed by atoms with Crippen LogP contribution in [0.25, 0.3) is 0 Å². The van der Waals surface area contributed by atoms with Crippen molar-refractivity contribution in [1.82, 2.24) is 5.32 Å². The standard InChI is InChI=1S/C19H24N2O4/c1-23-16-10-14(11-17(24-2)18(16)25-3)12-21-19(22)15(20)9-13-7-5-4-6-8-13/h4-8,10-11,15H,9,12,20H2,1-3H3,(H,21,22). The van der Waals surface area contributed by atoms with Gasteiger partial charge < -0.3 is 25.3 Å². The van der Waals surface area contributed by atoms with E-state index in [0.717, 1.165) is 11.1 Å². The number of rotatable bonds is 8. The van der Waals surface area contributed by atoms with E-state index >= 15 is 0 Å². The molecule has 6 heteroatoms. The Morgan fingerprint density at radius 2 is 1.60 bits per heavy atom. The summed E-state index contributed by atoms with van der Waals surface area (Å²) in [5.74, 6) is 1.39. The third-order valence-corrected chi connectivity index (χ3v) is 3.83. The summed E-state index contributed by atoms with van der Waals surface area (Å²) in [7, 11) is 4.65. The van der Waals surface area contributed by atoms with Gasteiger partial charge in [-0.3, -0.25) is 4.79 Å². The van der Waals surface area contributed by atoms with Crippen LogP contribution in [0.15, 0.2) is 42.5 Å². The van der Waals surface area contributed by atoms with E-state index in [9.17, 15) is 4.79 Å². The number of nitrogens with one attached hydrogen (secondary N) is 1. The zero-order valence-electron chi connectivity index (χ0n) is 14.7. The maximum atomic E-state index is 12.2. The fourth-order valence-corrected chi connectivity index (χ4v) is 2.52. The third kappa shape index (κ3) is 4.87. The Labute approximate surface area is 147 Å². The molecule has 1 atom stereocenters. The highest BCUT2D eigenvalue weighted by molar-refractivity contribution is 5.81. The van der Waals surface area contributed by atoms with Crippen LogP contribution in [-0.2, 0) is 17.8 Å². The van der Waals surface area contributed by atoms with Gasteiger partial charge in [-0.05, 0) is 29.7 Å². The van der Waals surface area contributed by atoms with Crippen molar-refractivity contribution in [2.75, 3.05) is 21.3 Å². The largest absolute Gasteiger partial charge is 0.493 e. The Bertz CT molecular complexity index is 679. The number of amides is 1. The summed E-state index contributed by atoms with van der Waals surface area (Å²) in [5.41, 5.74) is 7.84. The second-order valence-corrected chi connectivity index (χ2v) is 5.55. The normalized spacial score (nSPS) is 11.5. The number of benzene rings is 2. The van der Waals surface area contributed by atoms with Crippen LogP contribution < -0.4 is 25.3 Å². The van der Waals surface area contributed by atoms with E-state index < -0.39 is 6.04 Å². The molecule has 0 saturated carbocycles. The van der Waals surface area contributed by atoms with E-state index in [-0.39, 0.29) is 5.91 Å². The number of hydrogen-bond donors (Lipinski definition) is 2. The molecular weight excluding hydrogens is 320 g/mol. The maximum absolute atomic E-state index is 12.2. The van der Waals surface area contributed by atoms with Crippen molar-refractivity contribution in [3.8, 4) is 17.2 Å². The van der Waals surface area contributed by atoms with Crippen molar-refractivity contribution in [3.63, 3.8) is 0 Å². The lowest BCUT2D eigenvalue weighted by atomic mass is 10.1. The lowest BCUT2D eigenvalue weighted by molar-refractivity contribution is -0.122. The highest BCUT2D eigenvalue weighted by Gasteiger charge is 2.16. The van der Waals surface area contributed by atoms with E-state index in [2.05, 4.69) is 5.32 Å². The van der Waals surface area contributed by atoms with Crippen LogP contribution in [-0.4, -0.2) is 33.3 Å². The molecule has 0 aliphatic carbocycles. The van der Waals surface area contributed by atoms with Gasteiger partial charge in [0, 0.05) is 6.54 Å². The molecule has 0 aromatic heterocycles. The molecule has 0 saturated heterocycles. The average Bonchev–Trinajstić information content (AvgIpc) is 2.65. The summed E-state index contributed by atoms with van der Waals surface area (Å²) >= 11 is 0. The van der Waals surface area contributed by atoms with Gasteiger partial charge in [-0.15, -0.1) is 0 Å². The fourth-order valence-electron chi connectivity index (χ4n) is 2.52. The molecule has 134 valence electrons. The Hall–Kier alpha value is -2.73. The van der Waals surface area contributed by atoms with E-state index in [4.69, 9.17) is 19.9 Å². The first-order valence-corrected chi connectivity index (χ1v) is 7.95. The zero-order valence-corrected chi connectivity index (χ0v) is 14.7. The van der Waals surface area contributed by atoms with Crippen molar-refractivity contribution in [1.29, 1.82) is 0 Å². The summed E-state index contributed by atoms with van der Waals surface area (Å²) in [4.78, 5) is 12.2. The molecule has 0 radical (unpaired) electrons. The van der Waals surface area contributed by atoms with Crippen molar-refractivity contribution >= 4 is 5.91 Å². The minimum atomic E-state index is -0.607. The summed E-state index contributed by atoms with van der Waals surface area (Å²) < 4.78 is 15.9. The molecule has 2 aromatic carbocycles. The molecule has 2 aromatic rings. The minimum Gasteiger partial charge on any atom is -0.493 e. The Balaban J connectivity index is 2.01. The van der Waals surface area contributed by atoms with Crippen LogP contribution in [0.5, 0.6) is 17.2 Å². The van der Waals surface area contributed by atoms with Crippen LogP contribution in [0.1, 0.15) is 11.1 Å². The molecular formula is C19H24N2O4. The van der Waals surface area contributed by atoms with E-state index in [1.807, 2.05) is 30.3 Å². The van der Waals surface area contributed by atoms with Crippen molar-refractivity contribution in [2.45, 2.75) is 19.0 Å². The molecule has 0 bridgehead atoms. The van der Waals surface area contributed by atoms with Gasteiger partial charge >= 0.3 is 0 Å². The van der Waals surface area contributed by atoms with Gasteiger partial charge in [-0.25, -0.2) is 0 Å². The number of ether oxygens (including phenoxy) is 3. The highest BCUT2D eigenvalue weighted by Crippen LogP contribution is 2.38. The topological polar surface area (TPSA) is 82.8 Å². The van der Waals surface area contributed by atoms with Crippen LogP contribution >= 0.6 is 0 Å². The van der Waals surface area contributed by atoms with Gasteiger partial charge in [0.15, 0.2) is 11.5 Å². The lowest BCUT2D eigenvalue weighted by Gasteiger charge is -2.16. The van der Waals surface area contributed by atoms with Gasteiger partial charge in [0.1, 0.15) is 0 Å². The Morgan fingerprint density at radius 1 is 1.00 bits per heavy atom. The van der Waals surface area contributed by atoms with E-state index in [1.54, 1.807) is 33.5 Å². The molecule has 1 amide bonds. The molecule has 3 N–H and O–H groups in total. The lowest BCUT2D eigenvalue weighted by Crippen LogP contribution is -2.41. The van der Waals surface area contributed by atoms with Gasteiger partial charge in [-0.2, -0.15) is 0 Å². The van der Waals surface area contributed by atoms with Crippen molar-refractivity contribution < 1.29 is 19.0 Å². The quantitative estimate of drug-likeness (QED) is 0.764. The first-order chi connectivity index (χ1) is 12.1. The summed E-state index contributed by atoms with van der Waals surface area (Å²) in [6.45, 7) is 0.317. The first kappa shape index (κ1) is 18.6. The summed E-state index contributed by atoms with van der Waals surface area (Å²) in [6.07, 6.45) is 0.488. The van der Waals surface area contributed by atoms with E-state index in [0.29, 0.717) is 30.2 Å². The number of methoxy groups -OCH3 is 3. The second-order valence-electron chi connectivity index (χ2n) is 5.55. The van der Waals surface area contributed by atoms with Crippen LogP contribution in [0.3, 0.4) is 0 Å². The summed E-state index contributed by atoms with van der Waals surface area (Å²) in [5, 5.41) is 2.84. The molecule has 0 fully saturated rings. The highest BCUT2D eigenvalue weighted by atomic mass is 16.5. The maximum Gasteiger partial charge on any atom is 0.237 e. The van der Waals surface area contributed by atoms with Crippen LogP contribution in [0, 0.1) is 0 Å². The van der Waals surface area contributed by atoms with Crippen LogP contribution in [0.4, 0.5) is 0 Å². The molecule has 1 unspecified atom stereocenters. The van der Waals surface area contributed by atoms with Crippen LogP contribution in [0.2, 0.25) is 0 Å². The minimum absolute atomic E-state index is 0.211. The zero-order chi connectivity index (χ0) is 18.2. The number of nitrogens with two attached hydrogens (primary N) is 1. The first-order valence-electron chi connectivity index (χ1n) is 7.95. The van der Waals surface area contributed by atoms with Gasteiger partial charge in [0.2, 0.25) is 11.7 Å². The van der Waals surface area contributed by atoms with Crippen molar-refractivity contribution in [2.24, 2.45) is 5.73 Å². The Morgan fingerprint density at radius 3 is 2.12 bits per heavy atom. The molecule has 0 spiro atoms. The summed E-state index contributed by atoms with van der Waals surface area (Å²) in [6, 6.07) is 12.7. The van der Waals surface area contributed by atoms with E-state index in [1.165, 1.54) is 0 Å². The molecule has 2 rings (SSSR count). The smallest absolute Gasteiger partial charge is 0.237 e. The molecule has 25 heavy (non-hydrogen) atoms. The Kier molecular flexibility index (Phi) is 6.65. The number of carbonyl (C=O) groups excluding carboxylic acids is 1. The van der Waals surface area contributed by atoms with Crippen molar-refractivity contribution in [3.05, 3.63) is 53.6 Å². The monoisotopic (exact) mass is 344 g/mol. The average molecular weight is 344 g/mol. The van der Waals surface area contributed by atoms with Gasteiger partial charge in [0.25, 0.3) is 0 Å². The predicted molar refractivity (Wildman–Crippen MR) is 96.1 cm³/mol.